The van der Waals surface area contributed by atoms with Crippen LogP contribution < -0.4 is 4.74 Å². The number of benzene rings is 2. The molecule has 0 spiro atoms. The van der Waals surface area contributed by atoms with Crippen molar-refractivity contribution in [3.8, 4) is 5.75 Å². The Hall–Kier alpha value is -1.76. The van der Waals surface area contributed by atoms with Crippen LogP contribution in [0.3, 0.4) is 0 Å². The van der Waals surface area contributed by atoms with Gasteiger partial charge in [-0.2, -0.15) is 5.10 Å². The van der Waals surface area contributed by atoms with Crippen molar-refractivity contribution < 1.29 is 9.15 Å². The zero-order valence-corrected chi connectivity index (χ0v) is 17.8. The molecule has 0 aliphatic carbocycles. The molecule has 0 saturated carbocycles. The molecule has 2 atom stereocenters. The zero-order chi connectivity index (χ0) is 18.5. The van der Waals surface area contributed by atoms with Crippen molar-refractivity contribution in [1.29, 1.82) is 0 Å². The van der Waals surface area contributed by atoms with Crippen LogP contribution in [0.1, 0.15) is 35.6 Å². The third kappa shape index (κ3) is 3.00. The van der Waals surface area contributed by atoms with Crippen LogP contribution in [0.4, 0.5) is 0 Å². The van der Waals surface area contributed by atoms with Crippen molar-refractivity contribution in [2.75, 3.05) is 0 Å². The molecule has 5 rings (SSSR count). The second-order valence-electron chi connectivity index (χ2n) is 6.45. The van der Waals surface area contributed by atoms with E-state index >= 15 is 0 Å². The second-order valence-corrected chi connectivity index (χ2v) is 8.65. The van der Waals surface area contributed by atoms with Gasteiger partial charge in [0.05, 0.1) is 22.5 Å². The minimum absolute atomic E-state index is 0.0586. The molecule has 2 aliphatic heterocycles. The lowest BCUT2D eigenvalue weighted by atomic mass is 9.96. The van der Waals surface area contributed by atoms with E-state index in [1.807, 2.05) is 47.5 Å². The average Bonchev–Trinajstić information content (AvgIpc) is 3.32. The number of rotatable bonds is 2. The minimum atomic E-state index is -0.417. The summed E-state index contributed by atoms with van der Waals surface area (Å²) in [5, 5.41) is 7.60. The number of hydrazone groups is 1. The zero-order valence-electron chi connectivity index (χ0n) is 13.9. The Morgan fingerprint density at radius 1 is 1.11 bits per heavy atom. The van der Waals surface area contributed by atoms with Crippen molar-refractivity contribution in [2.24, 2.45) is 5.10 Å². The van der Waals surface area contributed by atoms with Gasteiger partial charge in [0.2, 0.25) is 6.23 Å². The molecule has 0 unspecified atom stereocenters. The molecule has 27 heavy (non-hydrogen) atoms. The molecule has 0 radical (unpaired) electrons. The van der Waals surface area contributed by atoms with E-state index in [0.29, 0.717) is 5.02 Å². The Balaban J connectivity index is 1.62. The van der Waals surface area contributed by atoms with E-state index in [2.05, 4.69) is 37.9 Å². The molecular weight excluding hydrogens is 495 g/mol. The normalized spacial score (nSPS) is 20.7. The van der Waals surface area contributed by atoms with Gasteiger partial charge in [-0.1, -0.05) is 39.7 Å². The maximum Gasteiger partial charge on any atom is 0.246 e. The lowest BCUT2D eigenvalue weighted by Crippen LogP contribution is -2.33. The fourth-order valence-electron chi connectivity index (χ4n) is 3.55. The Morgan fingerprint density at radius 2 is 1.93 bits per heavy atom. The summed E-state index contributed by atoms with van der Waals surface area (Å²) in [6.07, 6.45) is 2.01. The van der Waals surface area contributed by atoms with E-state index in [0.717, 1.165) is 43.7 Å². The standard InChI is InChI=1S/C20H13Br2ClN2O2/c21-12-8-14-17-10-16(11-3-5-13(23)6-4-11)24-25(17)20(18-2-1-7-26-18)27-19(14)15(22)9-12/h1-9,17,20H,10H2/t17-,20+/m0/s1. The lowest BCUT2D eigenvalue weighted by Gasteiger charge is -2.37. The Labute approximate surface area is 178 Å². The van der Waals surface area contributed by atoms with Crippen molar-refractivity contribution in [3.05, 3.63) is 85.6 Å². The second kappa shape index (κ2) is 6.69. The highest BCUT2D eigenvalue weighted by atomic mass is 79.9. The van der Waals surface area contributed by atoms with Gasteiger partial charge in [0.15, 0.2) is 5.76 Å². The maximum absolute atomic E-state index is 6.32. The summed E-state index contributed by atoms with van der Waals surface area (Å²) in [5.74, 6) is 1.55. The highest BCUT2D eigenvalue weighted by molar-refractivity contribution is 9.11. The van der Waals surface area contributed by atoms with Gasteiger partial charge in [0.25, 0.3) is 0 Å². The third-order valence-corrected chi connectivity index (χ3v) is 6.07. The number of fused-ring (bicyclic) bond motifs is 3. The first-order valence-electron chi connectivity index (χ1n) is 8.41. The first-order valence-corrected chi connectivity index (χ1v) is 10.4. The predicted octanol–water partition coefficient (Wildman–Crippen LogP) is 6.70. The van der Waals surface area contributed by atoms with Crippen LogP contribution in [0.25, 0.3) is 0 Å². The fraction of sp³-hybridized carbons (Fsp3) is 0.150. The van der Waals surface area contributed by atoms with E-state index in [1.165, 1.54) is 0 Å². The first kappa shape index (κ1) is 17.3. The molecule has 0 fully saturated rings. The summed E-state index contributed by atoms with van der Waals surface area (Å²) < 4.78 is 13.9. The van der Waals surface area contributed by atoms with Gasteiger partial charge in [-0.3, -0.25) is 0 Å². The monoisotopic (exact) mass is 506 g/mol. The first-order chi connectivity index (χ1) is 13.1. The average molecular weight is 509 g/mol. The highest BCUT2D eigenvalue weighted by Gasteiger charge is 2.43. The molecule has 2 aliphatic rings. The fourth-order valence-corrected chi connectivity index (χ4v) is 5.03. The SMILES string of the molecule is Clc1ccc(C2=NN3[C@@H](c4ccco4)Oc4c(Br)cc(Br)cc4[C@@H]3C2)cc1. The van der Waals surface area contributed by atoms with Gasteiger partial charge >= 0.3 is 0 Å². The maximum atomic E-state index is 6.32. The number of ether oxygens (including phenoxy) is 1. The smallest absolute Gasteiger partial charge is 0.246 e. The molecule has 3 aromatic rings. The van der Waals surface area contributed by atoms with Gasteiger partial charge < -0.3 is 9.15 Å². The molecule has 0 bridgehead atoms. The van der Waals surface area contributed by atoms with Crippen LogP contribution in [0, 0.1) is 0 Å². The Bertz CT molecular complexity index is 1030. The van der Waals surface area contributed by atoms with Gasteiger partial charge in [-0.15, -0.1) is 0 Å². The Kier molecular flexibility index (Phi) is 4.30. The van der Waals surface area contributed by atoms with Crippen LogP contribution in [-0.2, 0) is 0 Å². The molecule has 0 saturated heterocycles. The van der Waals surface area contributed by atoms with Gasteiger partial charge in [0.1, 0.15) is 5.75 Å². The van der Waals surface area contributed by atoms with Crippen LogP contribution in [0.5, 0.6) is 5.75 Å². The molecule has 2 aromatic carbocycles. The number of hydrogen-bond donors (Lipinski definition) is 0. The molecule has 3 heterocycles. The summed E-state index contributed by atoms with van der Waals surface area (Å²) >= 11 is 13.3. The topological polar surface area (TPSA) is 38.0 Å². The van der Waals surface area contributed by atoms with E-state index < -0.39 is 6.23 Å². The van der Waals surface area contributed by atoms with E-state index in [4.69, 9.17) is 25.9 Å². The summed E-state index contributed by atoms with van der Waals surface area (Å²) in [4.78, 5) is 0. The third-order valence-electron chi connectivity index (χ3n) is 4.77. The molecule has 1 aromatic heterocycles. The van der Waals surface area contributed by atoms with Gasteiger partial charge in [-0.25, -0.2) is 5.01 Å². The minimum Gasteiger partial charge on any atom is -0.463 e. The molecule has 0 amide bonds. The molecule has 4 nitrogen and oxygen atoms in total. The molecule has 136 valence electrons. The quantitative estimate of drug-likeness (QED) is 0.387. The molecular formula is C20H13Br2ClN2O2. The van der Waals surface area contributed by atoms with E-state index in [-0.39, 0.29) is 6.04 Å². The number of hydrogen-bond acceptors (Lipinski definition) is 4. The van der Waals surface area contributed by atoms with Crippen molar-refractivity contribution in [2.45, 2.75) is 18.7 Å². The molecule has 0 N–H and O–H groups in total. The van der Waals surface area contributed by atoms with Crippen molar-refractivity contribution in [3.63, 3.8) is 0 Å². The van der Waals surface area contributed by atoms with Crippen LogP contribution >= 0.6 is 43.5 Å². The summed E-state index contributed by atoms with van der Waals surface area (Å²) in [5.41, 5.74) is 3.15. The lowest BCUT2D eigenvalue weighted by molar-refractivity contribution is -0.0331. The Morgan fingerprint density at radius 3 is 2.67 bits per heavy atom. The highest BCUT2D eigenvalue weighted by Crippen LogP contribution is 2.50. The van der Waals surface area contributed by atoms with Crippen molar-refractivity contribution >= 4 is 49.2 Å². The number of nitrogens with zero attached hydrogens (tertiary/aromatic N) is 2. The summed E-state index contributed by atoms with van der Waals surface area (Å²) in [7, 11) is 0. The van der Waals surface area contributed by atoms with E-state index in [9.17, 15) is 0 Å². The summed E-state index contributed by atoms with van der Waals surface area (Å²) in [6.45, 7) is 0. The molecule has 7 heteroatoms. The van der Waals surface area contributed by atoms with Gasteiger partial charge in [0, 0.05) is 21.5 Å². The summed E-state index contributed by atoms with van der Waals surface area (Å²) in [6, 6.07) is 15.7. The number of furan rings is 1. The van der Waals surface area contributed by atoms with Crippen LogP contribution in [0.2, 0.25) is 5.02 Å². The largest absolute Gasteiger partial charge is 0.463 e. The van der Waals surface area contributed by atoms with Crippen molar-refractivity contribution in [1.82, 2.24) is 5.01 Å². The van der Waals surface area contributed by atoms with E-state index in [1.54, 1.807) is 6.26 Å². The van der Waals surface area contributed by atoms with Gasteiger partial charge in [-0.05, 0) is 57.9 Å². The van der Waals surface area contributed by atoms with Crippen LogP contribution in [-0.4, -0.2) is 10.7 Å². The predicted molar refractivity (Wildman–Crippen MR) is 111 cm³/mol. The van der Waals surface area contributed by atoms with Crippen LogP contribution in [0.15, 0.2) is 73.3 Å². The number of halogens is 3.